The Morgan fingerprint density at radius 1 is 1.32 bits per heavy atom. The molecule has 0 spiro atoms. The maximum Gasteiger partial charge on any atom is 0.166 e. The molecular weight excluding hydrogens is 280 g/mol. The number of ketones is 1. The number of thiophene rings is 1. The Labute approximate surface area is 118 Å². The van der Waals surface area contributed by atoms with Gasteiger partial charge in [0.2, 0.25) is 0 Å². The minimum Gasteiger partial charge on any atom is -0.323 e. The highest BCUT2D eigenvalue weighted by atomic mass is 35.5. The molecule has 4 rings (SSSR count). The molecule has 0 saturated heterocycles. The van der Waals surface area contributed by atoms with Crippen LogP contribution >= 0.6 is 22.9 Å². The molecular formula is C14H9ClN2OS. The molecule has 1 aliphatic rings. The molecule has 0 aliphatic carbocycles. The third-order valence-corrected chi connectivity index (χ3v) is 4.48. The van der Waals surface area contributed by atoms with Crippen LogP contribution in [0.5, 0.6) is 0 Å². The lowest BCUT2D eigenvalue weighted by atomic mass is 10.0. The fourth-order valence-electron chi connectivity index (χ4n) is 2.61. The number of rotatable bonds is 1. The van der Waals surface area contributed by atoms with E-state index in [1.54, 1.807) is 17.4 Å². The molecule has 19 heavy (non-hydrogen) atoms. The minimum absolute atomic E-state index is 0.172. The molecule has 94 valence electrons. The molecule has 0 radical (unpaired) electrons. The van der Waals surface area contributed by atoms with E-state index in [1.165, 1.54) is 0 Å². The van der Waals surface area contributed by atoms with Crippen LogP contribution in [0.1, 0.15) is 16.8 Å². The summed E-state index contributed by atoms with van der Waals surface area (Å²) in [7, 11) is 0. The van der Waals surface area contributed by atoms with Crippen molar-refractivity contribution in [2.75, 3.05) is 0 Å². The first-order valence-corrected chi connectivity index (χ1v) is 7.32. The molecule has 2 aromatic heterocycles. The fraction of sp³-hybridized carbons (Fsp3) is 0.143. The summed E-state index contributed by atoms with van der Waals surface area (Å²) in [6, 6.07) is 5.61. The van der Waals surface area contributed by atoms with Gasteiger partial charge in [-0.15, -0.1) is 0 Å². The first-order chi connectivity index (χ1) is 9.25. The Hall–Kier alpha value is -1.65. The van der Waals surface area contributed by atoms with Crippen LogP contribution in [0.2, 0.25) is 5.02 Å². The van der Waals surface area contributed by atoms with E-state index >= 15 is 0 Å². The zero-order chi connectivity index (χ0) is 13.0. The van der Waals surface area contributed by atoms with Gasteiger partial charge in [-0.05, 0) is 23.6 Å². The van der Waals surface area contributed by atoms with Crippen molar-refractivity contribution < 1.29 is 4.79 Å². The van der Waals surface area contributed by atoms with Crippen molar-refractivity contribution in [3.63, 3.8) is 0 Å². The van der Waals surface area contributed by atoms with Gasteiger partial charge in [-0.2, -0.15) is 11.3 Å². The molecule has 0 amide bonds. The average molecular weight is 289 g/mol. The molecule has 3 nitrogen and oxygen atoms in total. The molecule has 0 unspecified atom stereocenters. The van der Waals surface area contributed by atoms with Crippen molar-refractivity contribution in [3.8, 4) is 11.4 Å². The van der Waals surface area contributed by atoms with Crippen LogP contribution in [0.15, 0.2) is 29.0 Å². The van der Waals surface area contributed by atoms with Gasteiger partial charge in [0.1, 0.15) is 11.3 Å². The Kier molecular flexibility index (Phi) is 2.31. The van der Waals surface area contributed by atoms with Gasteiger partial charge < -0.3 is 4.57 Å². The molecule has 3 heterocycles. The van der Waals surface area contributed by atoms with Gasteiger partial charge in [-0.3, -0.25) is 4.79 Å². The second kappa shape index (κ2) is 3.92. The van der Waals surface area contributed by atoms with E-state index in [9.17, 15) is 4.79 Å². The van der Waals surface area contributed by atoms with E-state index in [-0.39, 0.29) is 5.78 Å². The maximum atomic E-state index is 12.0. The predicted molar refractivity (Wildman–Crippen MR) is 77.0 cm³/mol. The van der Waals surface area contributed by atoms with Crippen molar-refractivity contribution in [3.05, 3.63) is 39.5 Å². The monoisotopic (exact) mass is 288 g/mol. The average Bonchev–Trinajstić information content (AvgIpc) is 3.04. The van der Waals surface area contributed by atoms with Gasteiger partial charge in [0.25, 0.3) is 0 Å². The number of imidazole rings is 1. The fourth-order valence-corrected chi connectivity index (χ4v) is 3.44. The summed E-state index contributed by atoms with van der Waals surface area (Å²) < 4.78 is 2.11. The maximum absolute atomic E-state index is 12.0. The van der Waals surface area contributed by atoms with Gasteiger partial charge in [0, 0.05) is 29.5 Å². The summed E-state index contributed by atoms with van der Waals surface area (Å²) in [5, 5.41) is 4.69. The third kappa shape index (κ3) is 1.50. The number of Topliss-reactive ketones (excluding diaryl/α,β-unsaturated/α-hetero) is 1. The molecule has 0 atom stereocenters. The number of carbonyl (C=O) groups is 1. The van der Waals surface area contributed by atoms with Crippen molar-refractivity contribution in [2.45, 2.75) is 13.0 Å². The smallest absolute Gasteiger partial charge is 0.166 e. The van der Waals surface area contributed by atoms with E-state index in [0.29, 0.717) is 18.0 Å². The topological polar surface area (TPSA) is 34.9 Å². The van der Waals surface area contributed by atoms with Crippen LogP contribution in [0, 0.1) is 0 Å². The molecule has 1 aromatic carbocycles. The van der Waals surface area contributed by atoms with Gasteiger partial charge >= 0.3 is 0 Å². The number of aromatic nitrogens is 2. The third-order valence-electron chi connectivity index (χ3n) is 3.49. The number of carbonyl (C=O) groups excluding carboxylic acids is 1. The molecule has 5 heteroatoms. The Balaban J connectivity index is 2.14. The molecule has 0 fully saturated rings. The van der Waals surface area contributed by atoms with Crippen LogP contribution < -0.4 is 0 Å². The molecule has 1 aliphatic heterocycles. The van der Waals surface area contributed by atoms with E-state index in [0.717, 1.165) is 28.0 Å². The van der Waals surface area contributed by atoms with Gasteiger partial charge in [-0.1, -0.05) is 11.6 Å². The number of aryl methyl sites for hydroxylation is 1. The largest absolute Gasteiger partial charge is 0.323 e. The highest BCUT2D eigenvalue weighted by molar-refractivity contribution is 7.08. The normalized spacial score (nSPS) is 14.3. The lowest BCUT2D eigenvalue weighted by molar-refractivity contribution is 0.0973. The predicted octanol–water partition coefficient (Wildman–Crippen LogP) is 4.00. The molecule has 0 saturated carbocycles. The minimum atomic E-state index is 0.172. The van der Waals surface area contributed by atoms with Crippen molar-refractivity contribution >= 4 is 39.8 Å². The second-order valence-corrected chi connectivity index (χ2v) is 5.75. The summed E-state index contributed by atoms with van der Waals surface area (Å²) in [4.78, 5) is 16.6. The molecule has 0 bridgehead atoms. The van der Waals surface area contributed by atoms with Crippen molar-refractivity contribution in [1.82, 2.24) is 9.55 Å². The lowest BCUT2D eigenvalue weighted by Gasteiger charge is -2.15. The van der Waals surface area contributed by atoms with Crippen LogP contribution in [0.4, 0.5) is 0 Å². The number of hydrogen-bond acceptors (Lipinski definition) is 3. The van der Waals surface area contributed by atoms with Crippen molar-refractivity contribution in [1.29, 1.82) is 0 Å². The van der Waals surface area contributed by atoms with Crippen LogP contribution in [-0.2, 0) is 6.54 Å². The number of nitrogens with zero attached hydrogens (tertiary/aromatic N) is 2. The quantitative estimate of drug-likeness (QED) is 0.678. The van der Waals surface area contributed by atoms with Gasteiger partial charge in [-0.25, -0.2) is 4.98 Å². The lowest BCUT2D eigenvalue weighted by Crippen LogP contribution is -2.14. The standard InChI is InChI=1S/C14H9ClN2OS/c15-10-2-1-9-11(18)3-5-17-13(9)12(10)16-14(17)8-4-6-19-7-8/h1-2,4,6-7H,3,5H2. The van der Waals surface area contributed by atoms with E-state index in [4.69, 9.17) is 11.6 Å². The van der Waals surface area contributed by atoms with Crippen LogP contribution in [-0.4, -0.2) is 15.3 Å². The van der Waals surface area contributed by atoms with Crippen LogP contribution in [0.3, 0.4) is 0 Å². The molecule has 0 N–H and O–H groups in total. The number of hydrogen-bond donors (Lipinski definition) is 0. The van der Waals surface area contributed by atoms with E-state index in [2.05, 4.69) is 14.9 Å². The van der Waals surface area contributed by atoms with Gasteiger partial charge in [0.15, 0.2) is 5.78 Å². The number of benzene rings is 1. The summed E-state index contributed by atoms with van der Waals surface area (Å²) in [5.74, 6) is 1.07. The first kappa shape index (κ1) is 11.2. The Morgan fingerprint density at radius 3 is 3.00 bits per heavy atom. The zero-order valence-electron chi connectivity index (χ0n) is 9.89. The van der Waals surface area contributed by atoms with E-state index < -0.39 is 0 Å². The Morgan fingerprint density at radius 2 is 2.21 bits per heavy atom. The molecule has 3 aromatic rings. The van der Waals surface area contributed by atoms with Crippen LogP contribution in [0.25, 0.3) is 22.4 Å². The van der Waals surface area contributed by atoms with E-state index in [1.807, 2.05) is 17.5 Å². The summed E-state index contributed by atoms with van der Waals surface area (Å²) in [6.45, 7) is 0.674. The Bertz CT molecular complexity index is 805. The first-order valence-electron chi connectivity index (χ1n) is 6.00. The van der Waals surface area contributed by atoms with Gasteiger partial charge in [0.05, 0.1) is 10.5 Å². The SMILES string of the molecule is O=C1CCn2c(-c3ccsc3)nc3c(Cl)ccc1c32. The highest BCUT2D eigenvalue weighted by Crippen LogP contribution is 2.35. The zero-order valence-corrected chi connectivity index (χ0v) is 11.5. The summed E-state index contributed by atoms with van der Waals surface area (Å²) in [5.41, 5.74) is 3.43. The summed E-state index contributed by atoms with van der Waals surface area (Å²) in [6.07, 6.45) is 0.525. The summed E-state index contributed by atoms with van der Waals surface area (Å²) >= 11 is 7.86. The second-order valence-electron chi connectivity index (χ2n) is 4.56. The number of halogens is 1. The van der Waals surface area contributed by atoms with Crippen molar-refractivity contribution in [2.24, 2.45) is 0 Å². The highest BCUT2D eigenvalue weighted by Gasteiger charge is 2.25.